The number of hydrogen-bond donors (Lipinski definition) is 3. The monoisotopic (exact) mass is 2080 g/mol. The molecule has 13 aliphatic rings. The first-order valence-electron chi connectivity index (χ1n) is 53.9. The number of halogens is 4. The second-order valence-electron chi connectivity index (χ2n) is 42.5. The second-order valence-corrected chi connectivity index (χ2v) is 44.5. The summed E-state index contributed by atoms with van der Waals surface area (Å²) < 4.78 is 108. The molecule has 26 nitrogen and oxygen atoms in total. The standard InChI is InChI=1S/C21H24ClN3O.C14H19NO2.C14H17NO2.C14H19NO2.C13H19N.C12H17NO.C12H15NO.C9H11F3O5S.C8H12O3/c1-13-11-17(9-10-23-13)16-5-3-15(4-6-16)14(2)25-21(26)19-8-7-18(22)12-20(19)24-25;2*1-11-10-13(4-7-15-11)12-2-5-14(6-3-12)16-8-9-17-14;1-10-8-13(6-7-15-10)12-4-2-11(3-5-12)9-14(16)17;1-10-3-5-12(6-4-10)13-7-8-14-11(2)9-13;2*1-9-8-11(6-7-13-9)10-2-4-12(14)5-3-10;10-9(11,12)18(13,14)17-7-1-3-8(4-2-7)15-5-6-16-8;9-7-1-3-8(4-2-7)10-5-6-11-8/h7-12,14-16,24H,3-6H2,1-2H3;4,7,10,12H,2-3,5-6,8-9H2,1H3;2,4,7,10H,3,5-6,8-9H2,1H3;6-8,11-12H,2-5,9H2,1H3,(H,16,17);7-10,12H,3-6H2,1-2H3;6-8,10,12,14H,2-5H2,1H3;6-8,10H,2-5H2,1H3;1H,2-6H2;1-6H2/t14-,15?,16?;;;;;;;;/m1......../s1. The smallest absolute Gasteiger partial charge is 0.481 e. The van der Waals surface area contributed by atoms with Gasteiger partial charge in [-0.15, -0.1) is 0 Å². The van der Waals surface area contributed by atoms with E-state index in [0.29, 0.717) is 109 Å². The Morgan fingerprint density at radius 1 is 0.439 bits per heavy atom. The number of aryl methyl sites for hydroxylation is 7. The molecule has 148 heavy (non-hydrogen) atoms. The van der Waals surface area contributed by atoms with Crippen LogP contribution >= 0.6 is 11.6 Å². The fourth-order valence-electron chi connectivity index (χ4n) is 22.9. The van der Waals surface area contributed by atoms with Crippen molar-refractivity contribution in [3.8, 4) is 0 Å². The molecule has 8 aromatic heterocycles. The summed E-state index contributed by atoms with van der Waals surface area (Å²) in [6.07, 6.45) is 49.6. The highest BCUT2D eigenvalue weighted by atomic mass is 35.5. The summed E-state index contributed by atoms with van der Waals surface area (Å²) in [5.41, 5.74) is 14.2. The van der Waals surface area contributed by atoms with E-state index in [4.69, 9.17) is 54.6 Å². The van der Waals surface area contributed by atoms with Gasteiger partial charge < -0.3 is 52.3 Å². The van der Waals surface area contributed by atoms with E-state index < -0.39 is 27.4 Å². The second kappa shape index (κ2) is 54.0. The quantitative estimate of drug-likeness (QED) is 0.0713. The zero-order chi connectivity index (χ0) is 105. The van der Waals surface area contributed by atoms with Gasteiger partial charge in [0.1, 0.15) is 17.3 Å². The van der Waals surface area contributed by atoms with Crippen LogP contribution in [0.25, 0.3) is 16.5 Å². The Labute approximate surface area is 876 Å². The zero-order valence-electron chi connectivity index (χ0n) is 87.8. The van der Waals surface area contributed by atoms with Gasteiger partial charge in [-0.3, -0.25) is 59.2 Å². The van der Waals surface area contributed by atoms with E-state index in [1.54, 1.807) is 10.7 Å². The summed E-state index contributed by atoms with van der Waals surface area (Å²) in [6, 6.07) is 35.7. The molecule has 4 spiro atoms. The Hall–Kier alpha value is -9.70. The van der Waals surface area contributed by atoms with Crippen LogP contribution in [0.3, 0.4) is 0 Å². The van der Waals surface area contributed by atoms with Gasteiger partial charge >= 0.3 is 21.6 Å². The van der Waals surface area contributed by atoms with E-state index in [9.17, 15) is 45.9 Å². The number of aliphatic carboxylic acids is 1. The molecule has 0 amide bonds. The number of ether oxygens (including phenoxy) is 8. The number of pyridine rings is 7. The molecule has 802 valence electrons. The number of ketones is 2. The van der Waals surface area contributed by atoms with Gasteiger partial charge in [0, 0.05) is 178 Å². The fraction of sp³-hybridized carbons (Fsp3) is 0.581. The van der Waals surface area contributed by atoms with Gasteiger partial charge in [0.25, 0.3) is 5.56 Å². The SMILES string of the molecule is Cc1cc(C2=CCC3(CC2)OCCO3)ccn1.Cc1cc(C2CCC(=O)CC2)ccn1.Cc1cc(C2CCC(C)CC2)ccn1.Cc1cc(C2CCC(CC(=O)O)CC2)ccn1.Cc1cc(C2CCC(O)CC2)ccn1.Cc1cc(C2CCC([C@@H](C)n3[nH]c4cc(Cl)ccc4c3=O)CC2)ccn1.Cc1cc(C2CCC3(CC2)OCCO3)ccn1.O=C1CCC2(CC1)OCCO2.O=S(=O)(OC1=CCC2(CC1)OCCO2)C(F)(F)F. The van der Waals surface area contributed by atoms with Gasteiger partial charge in [-0.25, -0.2) is 4.68 Å². The van der Waals surface area contributed by atoms with Crippen molar-refractivity contribution < 1.29 is 88.3 Å². The molecule has 11 fully saturated rings. The summed E-state index contributed by atoms with van der Waals surface area (Å²) in [6.45, 7) is 24.0. The van der Waals surface area contributed by atoms with Gasteiger partial charge in [-0.2, -0.15) is 21.6 Å². The number of aliphatic hydroxyl groups excluding tert-OH is 1. The average molecular weight is 2080 g/mol. The lowest BCUT2D eigenvalue weighted by Gasteiger charge is -2.35. The number of fused-ring (bicyclic) bond motifs is 1. The number of aromatic nitrogens is 9. The number of hydrogen-bond acceptors (Lipinski definition) is 23. The largest absolute Gasteiger partial charge is 0.534 e. The van der Waals surface area contributed by atoms with Gasteiger partial charge in [0.2, 0.25) is 0 Å². The maximum Gasteiger partial charge on any atom is 0.534 e. The van der Waals surface area contributed by atoms with Crippen LogP contribution in [0.1, 0.15) is 359 Å². The van der Waals surface area contributed by atoms with Crippen molar-refractivity contribution in [2.75, 3.05) is 52.9 Å². The third kappa shape index (κ3) is 33.4. The maximum absolute atomic E-state index is 12.7. The zero-order valence-corrected chi connectivity index (χ0v) is 89.4. The highest BCUT2D eigenvalue weighted by Gasteiger charge is 2.50. The molecule has 1 atom stereocenters. The molecule has 12 heterocycles. The van der Waals surface area contributed by atoms with E-state index in [0.717, 1.165) is 231 Å². The molecular formula is C117H153ClF3N9O17S. The first kappa shape index (κ1) is 114. The Bertz CT molecular complexity index is 5950. The van der Waals surface area contributed by atoms with Crippen LogP contribution in [0.5, 0.6) is 0 Å². The molecule has 1 aromatic carbocycles. The number of aliphatic hydroxyl groups is 1. The molecule has 7 saturated carbocycles. The first-order chi connectivity index (χ1) is 71.0. The van der Waals surface area contributed by atoms with Crippen molar-refractivity contribution in [1.29, 1.82) is 0 Å². The maximum atomic E-state index is 12.7. The molecule has 22 rings (SSSR count). The van der Waals surface area contributed by atoms with E-state index >= 15 is 0 Å². The molecule has 31 heteroatoms. The fourth-order valence-corrected chi connectivity index (χ4v) is 23.6. The molecule has 9 aromatic rings. The number of H-pyrrole nitrogens is 1. The number of carboxylic acid groups (broad SMARTS) is 1. The minimum Gasteiger partial charge on any atom is -0.481 e. The van der Waals surface area contributed by atoms with Crippen LogP contribution in [0.2, 0.25) is 5.02 Å². The third-order valence-electron chi connectivity index (χ3n) is 31.6. The summed E-state index contributed by atoms with van der Waals surface area (Å²) in [5, 5.41) is 22.8. The van der Waals surface area contributed by atoms with Crippen LogP contribution in [0.4, 0.5) is 13.2 Å². The average Bonchev–Trinajstić information content (AvgIpc) is 1.63. The van der Waals surface area contributed by atoms with Crippen molar-refractivity contribution in [2.24, 2.45) is 17.8 Å². The van der Waals surface area contributed by atoms with Crippen LogP contribution in [-0.2, 0) is 66.6 Å². The molecule has 0 unspecified atom stereocenters. The highest BCUT2D eigenvalue weighted by molar-refractivity contribution is 7.87. The van der Waals surface area contributed by atoms with Gasteiger partial charge in [0.05, 0.1) is 75.9 Å². The summed E-state index contributed by atoms with van der Waals surface area (Å²) >= 11 is 6.06. The number of carboxylic acids is 1. The number of nitrogens with one attached hydrogen (secondary N) is 1. The first-order valence-corrected chi connectivity index (χ1v) is 55.6. The minimum absolute atomic E-state index is 0.0231. The van der Waals surface area contributed by atoms with Gasteiger partial charge in [-0.05, 0) is 384 Å². The number of aromatic amines is 1. The minimum atomic E-state index is -5.58. The summed E-state index contributed by atoms with van der Waals surface area (Å²) in [5.74, 6) is 3.84. The number of benzene rings is 1. The van der Waals surface area contributed by atoms with E-state index in [1.165, 1.54) is 89.1 Å². The number of carbonyl (C=O) groups is 3. The Kier molecular flexibility index (Phi) is 41.6. The Morgan fingerprint density at radius 3 is 1.18 bits per heavy atom. The Balaban J connectivity index is 0.000000133. The number of carbonyl (C=O) groups excluding carboxylic acids is 2. The Morgan fingerprint density at radius 2 is 0.791 bits per heavy atom. The predicted molar refractivity (Wildman–Crippen MR) is 564 cm³/mol. The third-order valence-corrected chi connectivity index (χ3v) is 32.9. The molecule has 9 aliphatic carbocycles. The molecule has 3 N–H and O–H groups in total. The molecular weight excluding hydrogens is 1930 g/mol. The highest BCUT2D eigenvalue weighted by Crippen LogP contribution is 2.47. The number of rotatable bonds is 13. The topological polar surface area (TPSA) is 337 Å². The van der Waals surface area contributed by atoms with Crippen molar-refractivity contribution in [2.45, 2.75) is 363 Å². The van der Waals surface area contributed by atoms with Crippen LogP contribution < -0.4 is 5.56 Å². The lowest BCUT2D eigenvalue weighted by atomic mass is 9.76. The number of nitrogens with zero attached hydrogens (tertiary/aromatic N) is 8. The summed E-state index contributed by atoms with van der Waals surface area (Å²) in [4.78, 5) is 75.0. The van der Waals surface area contributed by atoms with Crippen molar-refractivity contribution in [1.82, 2.24) is 44.7 Å². The lowest BCUT2D eigenvalue weighted by Crippen LogP contribution is -2.35. The predicted octanol–water partition coefficient (Wildman–Crippen LogP) is 25.1. The number of allylic oxidation sites excluding steroid dienone is 2. The molecule has 4 aliphatic heterocycles. The molecule has 0 bridgehead atoms. The normalized spacial score (nSPS) is 24.1. The summed E-state index contributed by atoms with van der Waals surface area (Å²) in [7, 11) is -5.58. The van der Waals surface area contributed by atoms with Gasteiger partial charge in [0.15, 0.2) is 23.1 Å². The lowest BCUT2D eigenvalue weighted by molar-refractivity contribution is -0.179. The van der Waals surface area contributed by atoms with Crippen molar-refractivity contribution >= 4 is 55.7 Å². The molecule has 0 radical (unpaired) electrons. The van der Waals surface area contributed by atoms with Crippen LogP contribution in [0.15, 0.2) is 169 Å². The number of Topliss-reactive ketones (excluding diaryl/α,β-unsaturated/α-hetero) is 2. The van der Waals surface area contributed by atoms with Crippen LogP contribution in [0, 0.1) is 66.2 Å². The van der Waals surface area contributed by atoms with Gasteiger partial charge in [-0.1, -0.05) is 37.4 Å². The van der Waals surface area contributed by atoms with Crippen molar-refractivity contribution in [3.63, 3.8) is 0 Å². The van der Waals surface area contributed by atoms with E-state index in [-0.39, 0.29) is 60.1 Å². The van der Waals surface area contributed by atoms with E-state index in [1.807, 2.05) is 90.1 Å². The molecule has 4 saturated heterocycles. The van der Waals surface area contributed by atoms with E-state index in [2.05, 4.69) is 163 Å². The van der Waals surface area contributed by atoms with Crippen molar-refractivity contribution in [3.05, 3.63) is 259 Å². The number of alkyl halides is 3. The van der Waals surface area contributed by atoms with Crippen LogP contribution in [-0.4, -0.2) is 168 Å².